The SMILES string of the molecule is CC(C)NCCN1C(=O)CC(SC[C@@H](NC(=O)[C@@H](CCC(=O)NC[C@H](O)[C@@H](O)[C@H](O)[C@H](O)CO)NC(=O)CCOCCOCCOCCOCCOCCOCCNC(=O)CCC(=O)NCc2cc(C(=O)N[C@H](C)C(=O)N3CC(F)(F)C[C@H]3C#N)ccn2)C(=O)O)C1=O. The van der Waals surface area contributed by atoms with Crippen LogP contribution in [0.4, 0.5) is 8.78 Å². The number of aliphatic carboxylic acids is 1. The van der Waals surface area contributed by atoms with Crippen molar-refractivity contribution in [1.29, 1.82) is 5.26 Å². The number of carbonyl (C=O) groups excluding carboxylic acids is 9. The quantitative estimate of drug-likeness (QED) is 0.0215. The lowest BCUT2D eigenvalue weighted by atomic mass is 10.0. The zero-order valence-electron chi connectivity index (χ0n) is 52.3. The van der Waals surface area contributed by atoms with Crippen LogP contribution in [-0.2, 0) is 78.1 Å². The molecule has 9 atom stereocenters. The molecular weight excluding hydrogens is 1260 g/mol. The first-order valence-electron chi connectivity index (χ1n) is 30.2. The summed E-state index contributed by atoms with van der Waals surface area (Å²) in [4.78, 5) is 133. The predicted molar refractivity (Wildman–Crippen MR) is 321 cm³/mol. The van der Waals surface area contributed by atoms with Crippen molar-refractivity contribution in [2.24, 2.45) is 0 Å². The van der Waals surface area contributed by atoms with Gasteiger partial charge in [0.1, 0.15) is 42.5 Å². The summed E-state index contributed by atoms with van der Waals surface area (Å²) in [6, 6.07) is -1.06. The number of carboxylic acids is 1. The number of nitrogens with one attached hydrogen (secondary N) is 7. The van der Waals surface area contributed by atoms with Crippen molar-refractivity contribution in [3.63, 3.8) is 0 Å². The minimum absolute atomic E-state index is 0.0738. The molecule has 93 heavy (non-hydrogen) atoms. The maximum atomic E-state index is 13.8. The fraction of sp³-hybridized carbons (Fsp3) is 0.719. The summed E-state index contributed by atoms with van der Waals surface area (Å²) in [5.41, 5.74) is 0.388. The number of hydrogen-bond acceptors (Lipinski definition) is 25. The van der Waals surface area contributed by atoms with Crippen LogP contribution in [-0.4, -0.2) is 295 Å². The first-order chi connectivity index (χ1) is 44.3. The summed E-state index contributed by atoms with van der Waals surface area (Å²) in [5.74, 6) is -10.8. The maximum absolute atomic E-state index is 13.8. The molecule has 0 aliphatic carbocycles. The summed E-state index contributed by atoms with van der Waals surface area (Å²) in [5, 5.41) is 84.8. The molecule has 0 aromatic carbocycles. The number of pyridine rings is 1. The smallest absolute Gasteiger partial charge is 0.327 e. The van der Waals surface area contributed by atoms with Crippen LogP contribution in [0.15, 0.2) is 18.3 Å². The Kier molecular flexibility index (Phi) is 38.1. The van der Waals surface area contributed by atoms with Gasteiger partial charge in [-0.15, -0.1) is 11.8 Å². The first kappa shape index (κ1) is 80.5. The number of alkyl halides is 2. The van der Waals surface area contributed by atoms with Gasteiger partial charge in [-0.3, -0.25) is 53.0 Å². The number of amides is 9. The Morgan fingerprint density at radius 3 is 1.88 bits per heavy atom. The number of imide groups is 1. The number of nitrogens with zero attached hydrogens (tertiary/aromatic N) is 4. The Hall–Kier alpha value is -6.73. The van der Waals surface area contributed by atoms with Crippen LogP contribution in [0.5, 0.6) is 0 Å². The molecule has 3 heterocycles. The minimum Gasteiger partial charge on any atom is -0.480 e. The lowest BCUT2D eigenvalue weighted by molar-refractivity contribution is -0.142. The second kappa shape index (κ2) is 44.0. The number of hydrogen-bond donors (Lipinski definition) is 13. The molecule has 13 N–H and O–H groups in total. The number of ether oxygens (including phenoxy) is 6. The van der Waals surface area contributed by atoms with Crippen molar-refractivity contribution in [3.05, 3.63) is 29.6 Å². The average molecular weight is 1350 g/mol. The number of thioether (sulfide) groups is 1. The van der Waals surface area contributed by atoms with Crippen molar-refractivity contribution in [1.82, 2.24) is 52.0 Å². The fourth-order valence-electron chi connectivity index (χ4n) is 8.64. The van der Waals surface area contributed by atoms with Crippen LogP contribution in [0, 0.1) is 11.3 Å². The van der Waals surface area contributed by atoms with E-state index in [2.05, 4.69) is 42.2 Å². The molecule has 33 nitrogen and oxygen atoms in total. The highest BCUT2D eigenvalue weighted by Gasteiger charge is 2.48. The second-order valence-electron chi connectivity index (χ2n) is 21.6. The number of carboxylic acid groups (broad SMARTS) is 1. The van der Waals surface area contributed by atoms with Crippen molar-refractivity contribution < 1.29 is 116 Å². The van der Waals surface area contributed by atoms with Gasteiger partial charge in [-0.2, -0.15) is 5.26 Å². The van der Waals surface area contributed by atoms with Crippen LogP contribution >= 0.6 is 11.8 Å². The fourth-order valence-corrected chi connectivity index (χ4v) is 9.82. The number of nitriles is 1. The van der Waals surface area contributed by atoms with Gasteiger partial charge in [0.25, 0.3) is 11.8 Å². The number of carbonyl (C=O) groups is 10. The standard InChI is InChI=1S/C57H89F2N11O22S/c1-35(2)61-11-13-69-49(78)27-44(55(69)84)93-33-41(56(85)86)68-53(82)40(4-5-46(75)65-31-42(72)50(79)51(80)43(73)32-71)67-48(77)9-14-87-16-18-89-20-22-91-24-25-92-23-21-90-19-17-88-15-12-63-45(74)6-7-47(76)64-30-38-26-37(8-10-62-38)52(81)66-36(3)54(83)70-34-57(58,59)28-39(70)29-60/h8,10,26,35-36,39-44,50-51,61,71-73,79-80H,4-7,9,11-25,27-28,30-34H2,1-3H3,(H,63,74)(H,64,76)(H,65,75)(H,66,81)(H,67,77)(H,68,82)(H,85,86)/t36-,39+,40-,41-,42+,43-,44?,50-,51-/m1/s1. The molecule has 1 aromatic rings. The molecule has 3 rings (SSSR count). The predicted octanol–water partition coefficient (Wildman–Crippen LogP) is -4.79. The van der Waals surface area contributed by atoms with Gasteiger partial charge in [-0.1, -0.05) is 13.8 Å². The van der Waals surface area contributed by atoms with E-state index < -0.39 is 152 Å². The highest BCUT2D eigenvalue weighted by atomic mass is 32.2. The van der Waals surface area contributed by atoms with E-state index >= 15 is 0 Å². The molecule has 1 aromatic heterocycles. The maximum Gasteiger partial charge on any atom is 0.327 e. The number of likely N-dealkylation sites (tertiary alicyclic amines) is 2. The molecule has 0 bridgehead atoms. The molecular formula is C57H89F2N11O22S. The zero-order valence-corrected chi connectivity index (χ0v) is 53.1. The Morgan fingerprint density at radius 1 is 0.731 bits per heavy atom. The van der Waals surface area contributed by atoms with E-state index in [-0.39, 0.29) is 148 Å². The molecule has 0 saturated carbocycles. The van der Waals surface area contributed by atoms with Gasteiger partial charge in [0, 0.05) is 88.3 Å². The van der Waals surface area contributed by atoms with Crippen molar-refractivity contribution in [2.75, 3.05) is 124 Å². The number of aliphatic hydroxyl groups excluding tert-OH is 5. The Bertz CT molecular complexity index is 2600. The summed E-state index contributed by atoms with van der Waals surface area (Å²) in [6.45, 7) is 5.62. The monoisotopic (exact) mass is 1350 g/mol. The Morgan fingerprint density at radius 2 is 1.30 bits per heavy atom. The zero-order chi connectivity index (χ0) is 68.9. The second-order valence-corrected chi connectivity index (χ2v) is 22.9. The molecule has 2 aliphatic rings. The van der Waals surface area contributed by atoms with Gasteiger partial charge < -0.3 is 101 Å². The summed E-state index contributed by atoms with van der Waals surface area (Å²) < 4.78 is 60.4. The van der Waals surface area contributed by atoms with Gasteiger partial charge in [0.2, 0.25) is 47.3 Å². The van der Waals surface area contributed by atoms with Crippen molar-refractivity contribution >= 4 is 70.9 Å². The third-order valence-corrected chi connectivity index (χ3v) is 15.1. The normalized spacial score (nSPS) is 17.6. The summed E-state index contributed by atoms with van der Waals surface area (Å²) in [6.07, 6.45) is -8.51. The highest BCUT2D eigenvalue weighted by molar-refractivity contribution is 8.00. The largest absolute Gasteiger partial charge is 0.480 e. The summed E-state index contributed by atoms with van der Waals surface area (Å²) in [7, 11) is 0. The summed E-state index contributed by atoms with van der Waals surface area (Å²) >= 11 is 0.867. The van der Waals surface area contributed by atoms with Gasteiger partial charge in [-0.25, -0.2) is 13.6 Å². The first-order valence-corrected chi connectivity index (χ1v) is 31.3. The highest BCUT2D eigenvalue weighted by Crippen LogP contribution is 2.32. The molecule has 524 valence electrons. The molecule has 36 heteroatoms. The van der Waals surface area contributed by atoms with E-state index in [1.807, 2.05) is 13.8 Å². The molecule has 0 radical (unpaired) electrons. The van der Waals surface area contributed by atoms with Crippen LogP contribution in [0.3, 0.4) is 0 Å². The molecule has 2 saturated heterocycles. The van der Waals surface area contributed by atoms with Crippen LogP contribution in [0.1, 0.15) is 81.8 Å². The van der Waals surface area contributed by atoms with Gasteiger partial charge in [0.15, 0.2) is 0 Å². The third-order valence-electron chi connectivity index (χ3n) is 13.8. The van der Waals surface area contributed by atoms with Gasteiger partial charge >= 0.3 is 5.97 Å². The van der Waals surface area contributed by atoms with Gasteiger partial charge in [0.05, 0.1) is 122 Å². The number of aromatic nitrogens is 1. The Labute approximate surface area is 540 Å². The Balaban J connectivity index is 1.22. The van der Waals surface area contributed by atoms with E-state index in [4.69, 9.17) is 33.5 Å². The van der Waals surface area contributed by atoms with E-state index in [1.54, 1.807) is 6.07 Å². The molecule has 2 aliphatic heterocycles. The van der Waals surface area contributed by atoms with E-state index in [0.29, 0.717) is 12.2 Å². The number of aliphatic hydroxyl groups is 5. The topological polar surface area (TPSA) is 475 Å². The molecule has 9 amide bonds. The minimum atomic E-state index is -3.21. The molecule has 2 fully saturated rings. The van der Waals surface area contributed by atoms with Crippen LogP contribution < -0.4 is 37.2 Å². The van der Waals surface area contributed by atoms with E-state index in [0.717, 1.165) is 21.6 Å². The third kappa shape index (κ3) is 31.8. The lowest BCUT2D eigenvalue weighted by Gasteiger charge is -2.26. The van der Waals surface area contributed by atoms with Crippen molar-refractivity contribution in [3.8, 4) is 6.07 Å². The van der Waals surface area contributed by atoms with Crippen molar-refractivity contribution in [2.45, 2.75) is 138 Å². The molecule has 0 spiro atoms. The van der Waals surface area contributed by atoms with E-state index in [9.17, 15) is 87.5 Å². The van der Waals surface area contributed by atoms with Crippen LogP contribution in [0.2, 0.25) is 0 Å². The molecule has 1 unspecified atom stereocenters. The van der Waals surface area contributed by atoms with Crippen LogP contribution in [0.25, 0.3) is 0 Å². The number of halogens is 2. The number of rotatable bonds is 49. The van der Waals surface area contributed by atoms with Gasteiger partial charge in [-0.05, 0) is 25.5 Å². The average Bonchev–Trinajstić information content (AvgIpc) is 1.70. The van der Waals surface area contributed by atoms with E-state index in [1.165, 1.54) is 25.3 Å². The lowest BCUT2D eigenvalue weighted by Crippen LogP contribution is -2.53.